The first-order valence-electron chi connectivity index (χ1n) is 4.03. The smallest absolute Gasteiger partial charge is 0.277 e. The minimum absolute atomic E-state index is 0.218. The maximum atomic E-state index is 11.3. The summed E-state index contributed by atoms with van der Waals surface area (Å²) in [6.45, 7) is 0. The highest BCUT2D eigenvalue weighted by atomic mass is 16.3. The summed E-state index contributed by atoms with van der Waals surface area (Å²) in [5.74, 6) is -0.466. The van der Waals surface area contributed by atoms with Gasteiger partial charge in [-0.25, -0.2) is 0 Å². The second-order valence-corrected chi connectivity index (χ2v) is 3.02. The largest absolute Gasteiger partial charge is 0.507 e. The Morgan fingerprint density at radius 2 is 1.40 bits per heavy atom. The van der Waals surface area contributed by atoms with Crippen molar-refractivity contribution in [3.8, 4) is 5.75 Å². The van der Waals surface area contributed by atoms with Gasteiger partial charge in [0, 0.05) is 5.39 Å². The van der Waals surface area contributed by atoms with E-state index in [0.717, 1.165) is 0 Å². The molecule has 5 nitrogen and oxygen atoms in total. The average molecular weight is 204 g/mol. The lowest BCUT2D eigenvalue weighted by Gasteiger charge is -1.95. The lowest BCUT2D eigenvalue weighted by Crippen LogP contribution is -2.46. The van der Waals surface area contributed by atoms with Crippen LogP contribution in [0.3, 0.4) is 0 Å². The number of phenols is 1. The van der Waals surface area contributed by atoms with Gasteiger partial charge in [0.2, 0.25) is 10.9 Å². The molecule has 5 heteroatoms. The zero-order valence-corrected chi connectivity index (χ0v) is 7.31. The second kappa shape index (κ2) is 2.84. The highest BCUT2D eigenvalue weighted by Crippen LogP contribution is 2.16. The van der Waals surface area contributed by atoms with Crippen molar-refractivity contribution in [1.82, 2.24) is 0 Å². The van der Waals surface area contributed by atoms with Crippen LogP contribution in [-0.4, -0.2) is 5.11 Å². The van der Waals surface area contributed by atoms with Gasteiger partial charge in [-0.15, -0.1) is 0 Å². The van der Waals surface area contributed by atoms with Crippen molar-refractivity contribution >= 4 is 10.8 Å². The standard InChI is InChI=1S/C10H4O5/c11-5-3-1-2-4-6(5)8(13)10(15)9(14)7(4)12/h1-3,11H. The number of aromatic hydroxyl groups is 1. The van der Waals surface area contributed by atoms with Crippen LogP contribution >= 0.6 is 0 Å². The van der Waals surface area contributed by atoms with Crippen LogP contribution in [0.4, 0.5) is 0 Å². The fourth-order valence-electron chi connectivity index (χ4n) is 1.41. The van der Waals surface area contributed by atoms with Crippen molar-refractivity contribution in [2.75, 3.05) is 0 Å². The number of hydrogen-bond donors (Lipinski definition) is 1. The zero-order chi connectivity index (χ0) is 11.2. The fourth-order valence-corrected chi connectivity index (χ4v) is 1.41. The molecule has 1 N–H and O–H groups in total. The van der Waals surface area contributed by atoms with E-state index in [4.69, 9.17) is 0 Å². The van der Waals surface area contributed by atoms with Crippen molar-refractivity contribution in [3.63, 3.8) is 0 Å². The quantitative estimate of drug-likeness (QED) is 0.548. The van der Waals surface area contributed by atoms with E-state index < -0.39 is 27.5 Å². The Morgan fingerprint density at radius 3 is 2.07 bits per heavy atom. The van der Waals surface area contributed by atoms with Gasteiger partial charge in [-0.2, -0.15) is 0 Å². The highest BCUT2D eigenvalue weighted by Gasteiger charge is 2.14. The van der Waals surface area contributed by atoms with Crippen molar-refractivity contribution < 1.29 is 5.11 Å². The summed E-state index contributed by atoms with van der Waals surface area (Å²) in [5, 5.41) is 8.71. The molecule has 74 valence electrons. The molecular weight excluding hydrogens is 200 g/mol. The van der Waals surface area contributed by atoms with Gasteiger partial charge in [0.1, 0.15) is 5.75 Å². The Labute approximate surface area is 81.6 Å². The number of benzene rings is 2. The predicted molar refractivity (Wildman–Crippen MR) is 53.1 cm³/mol. The van der Waals surface area contributed by atoms with Crippen LogP contribution in [0.5, 0.6) is 5.75 Å². The minimum atomic E-state index is -1.39. The SMILES string of the molecule is O=c1c(=O)c(=O)c2c(O)cccc2c1=O. The minimum Gasteiger partial charge on any atom is -0.507 e. The first kappa shape index (κ1) is 9.26. The van der Waals surface area contributed by atoms with Crippen LogP contribution < -0.4 is 21.7 Å². The van der Waals surface area contributed by atoms with Crippen LogP contribution in [0.2, 0.25) is 0 Å². The molecule has 0 fully saturated rings. The molecule has 0 bridgehead atoms. The van der Waals surface area contributed by atoms with E-state index in [1.54, 1.807) is 0 Å². The first-order chi connectivity index (χ1) is 7.04. The Balaban J connectivity index is 3.40. The van der Waals surface area contributed by atoms with Crippen molar-refractivity contribution in [3.05, 3.63) is 59.1 Å². The summed E-state index contributed by atoms with van der Waals surface area (Å²) in [4.78, 5) is 44.6. The van der Waals surface area contributed by atoms with Crippen molar-refractivity contribution in [2.24, 2.45) is 0 Å². The third-order valence-corrected chi connectivity index (χ3v) is 2.13. The second-order valence-electron chi connectivity index (χ2n) is 3.02. The van der Waals surface area contributed by atoms with E-state index in [-0.39, 0.29) is 10.8 Å². The predicted octanol–water partition coefficient (Wildman–Crippen LogP) is -1.14. The van der Waals surface area contributed by atoms with Gasteiger partial charge in [0.15, 0.2) is 0 Å². The molecule has 0 aliphatic carbocycles. The fraction of sp³-hybridized carbons (Fsp3) is 0. The van der Waals surface area contributed by atoms with Gasteiger partial charge in [0.05, 0.1) is 5.39 Å². The average Bonchev–Trinajstić information content (AvgIpc) is 2.23. The van der Waals surface area contributed by atoms with Crippen LogP contribution in [0.1, 0.15) is 0 Å². The number of hydrogen-bond acceptors (Lipinski definition) is 5. The molecule has 2 aromatic rings. The Morgan fingerprint density at radius 1 is 0.800 bits per heavy atom. The molecule has 0 aromatic heterocycles. The van der Waals surface area contributed by atoms with E-state index in [1.165, 1.54) is 18.2 Å². The van der Waals surface area contributed by atoms with Gasteiger partial charge in [0.25, 0.3) is 10.9 Å². The molecule has 2 rings (SSSR count). The first-order valence-corrected chi connectivity index (χ1v) is 4.03. The lowest BCUT2D eigenvalue weighted by atomic mass is 10.1. The molecule has 15 heavy (non-hydrogen) atoms. The van der Waals surface area contributed by atoms with Crippen molar-refractivity contribution in [1.29, 1.82) is 0 Å². The molecule has 0 radical (unpaired) electrons. The summed E-state index contributed by atoms with van der Waals surface area (Å²) >= 11 is 0. The number of phenolic OH excluding ortho intramolecular Hbond substituents is 1. The maximum absolute atomic E-state index is 11.3. The van der Waals surface area contributed by atoms with E-state index >= 15 is 0 Å². The number of fused-ring (bicyclic) bond motifs is 1. The molecule has 0 saturated carbocycles. The normalized spacial score (nSPS) is 10.7. The third kappa shape index (κ3) is 1.10. The number of rotatable bonds is 0. The van der Waals surface area contributed by atoms with Crippen molar-refractivity contribution in [2.45, 2.75) is 0 Å². The highest BCUT2D eigenvalue weighted by molar-refractivity contribution is 5.87. The molecule has 0 heterocycles. The third-order valence-electron chi connectivity index (χ3n) is 2.13. The van der Waals surface area contributed by atoms with Gasteiger partial charge in [-0.1, -0.05) is 6.07 Å². The topological polar surface area (TPSA) is 88.5 Å². The Kier molecular flexibility index (Phi) is 1.76. The van der Waals surface area contributed by atoms with Crippen LogP contribution in [0.25, 0.3) is 10.8 Å². The molecule has 2 aromatic carbocycles. The maximum Gasteiger partial charge on any atom is 0.277 e. The molecular formula is C10H4O5. The molecule has 0 unspecified atom stereocenters. The van der Waals surface area contributed by atoms with E-state index in [2.05, 4.69) is 0 Å². The molecule has 0 spiro atoms. The molecule has 0 amide bonds. The van der Waals surface area contributed by atoms with Crippen LogP contribution in [-0.2, 0) is 0 Å². The van der Waals surface area contributed by atoms with Gasteiger partial charge >= 0.3 is 0 Å². The van der Waals surface area contributed by atoms with Gasteiger partial charge < -0.3 is 5.11 Å². The van der Waals surface area contributed by atoms with Crippen LogP contribution in [0.15, 0.2) is 37.4 Å². The van der Waals surface area contributed by atoms with Crippen LogP contribution in [0, 0.1) is 0 Å². The molecule has 0 atom stereocenters. The Hall–Kier alpha value is -2.30. The summed E-state index contributed by atoms with van der Waals surface area (Å²) in [6.07, 6.45) is 0. The summed E-state index contributed by atoms with van der Waals surface area (Å²) in [7, 11) is 0. The van der Waals surface area contributed by atoms with Gasteiger partial charge in [-0.3, -0.25) is 19.2 Å². The van der Waals surface area contributed by atoms with E-state index in [9.17, 15) is 24.3 Å². The van der Waals surface area contributed by atoms with E-state index in [1.807, 2.05) is 0 Å². The lowest BCUT2D eigenvalue weighted by molar-refractivity contribution is 0.481. The summed E-state index contributed by atoms with van der Waals surface area (Å²) < 4.78 is 0. The van der Waals surface area contributed by atoms with E-state index in [0.29, 0.717) is 0 Å². The summed E-state index contributed by atoms with van der Waals surface area (Å²) in [5.41, 5.74) is -4.93. The Bertz CT molecular complexity index is 750. The zero-order valence-electron chi connectivity index (χ0n) is 7.31. The van der Waals surface area contributed by atoms with Gasteiger partial charge in [-0.05, 0) is 12.1 Å². The molecule has 0 aliphatic rings. The monoisotopic (exact) mass is 204 g/mol. The molecule has 0 saturated heterocycles. The summed E-state index contributed by atoms with van der Waals surface area (Å²) in [6, 6.07) is 3.72. The molecule has 0 aliphatic heterocycles.